The van der Waals surface area contributed by atoms with Crippen LogP contribution in [0.15, 0.2) is 0 Å². The maximum Gasteiger partial charge on any atom is 0.251 e. The van der Waals surface area contributed by atoms with Crippen LogP contribution in [0.2, 0.25) is 0 Å². The predicted molar refractivity (Wildman–Crippen MR) is 58.0 cm³/mol. The number of carbonyl (C=O) groups excluding carboxylic acids is 1. The van der Waals surface area contributed by atoms with E-state index in [2.05, 4.69) is 10.7 Å². The Labute approximate surface area is 90.7 Å². The molecule has 1 amide bonds. The Morgan fingerprint density at radius 2 is 2.47 bits per heavy atom. The molecule has 15 heavy (non-hydrogen) atoms. The summed E-state index contributed by atoms with van der Waals surface area (Å²) in [6.07, 6.45) is 4.21. The van der Waals surface area contributed by atoms with E-state index in [0.717, 1.165) is 38.8 Å². The molecule has 1 aliphatic rings. The number of amides is 1. The fourth-order valence-electron chi connectivity index (χ4n) is 1.79. The summed E-state index contributed by atoms with van der Waals surface area (Å²) in [7, 11) is 0. The second-order valence-electron chi connectivity index (χ2n) is 3.89. The molecular weight excluding hydrogens is 194 g/mol. The summed E-state index contributed by atoms with van der Waals surface area (Å²) >= 11 is 0. The highest BCUT2D eigenvalue weighted by Gasteiger charge is 2.20. The van der Waals surface area contributed by atoms with Crippen molar-refractivity contribution < 1.29 is 9.53 Å². The Bertz CT molecular complexity index is 193. The van der Waals surface area contributed by atoms with Gasteiger partial charge in [-0.1, -0.05) is 13.3 Å². The first-order valence-electron chi connectivity index (χ1n) is 5.63. The van der Waals surface area contributed by atoms with Gasteiger partial charge in [0.25, 0.3) is 5.91 Å². The highest BCUT2D eigenvalue weighted by atomic mass is 16.5. The van der Waals surface area contributed by atoms with Crippen LogP contribution in [0.25, 0.3) is 0 Å². The fraction of sp³-hybridized carbons (Fsp3) is 0.900. The number of ether oxygens (including phenoxy) is 1. The van der Waals surface area contributed by atoms with Gasteiger partial charge in [-0.15, -0.1) is 0 Å². The van der Waals surface area contributed by atoms with Crippen molar-refractivity contribution in [3.05, 3.63) is 0 Å². The van der Waals surface area contributed by atoms with Gasteiger partial charge >= 0.3 is 0 Å². The summed E-state index contributed by atoms with van der Waals surface area (Å²) in [5.41, 5.74) is 2.18. The Morgan fingerprint density at radius 3 is 3.00 bits per heavy atom. The van der Waals surface area contributed by atoms with E-state index in [0.29, 0.717) is 0 Å². The van der Waals surface area contributed by atoms with Crippen LogP contribution in [-0.2, 0) is 9.53 Å². The minimum absolute atomic E-state index is 0.144. The molecule has 5 heteroatoms. The largest absolute Gasteiger partial charge is 0.377 e. The molecule has 0 aromatic heterocycles. The summed E-state index contributed by atoms with van der Waals surface area (Å²) < 4.78 is 5.47. The normalized spacial score (nSPS) is 22.7. The van der Waals surface area contributed by atoms with Crippen LogP contribution in [0, 0.1) is 0 Å². The van der Waals surface area contributed by atoms with Crippen LogP contribution in [0.4, 0.5) is 0 Å². The molecule has 1 aliphatic heterocycles. The SMILES string of the molecule is CCC[C@H](NC[C@@H]1CCCO1)C(=O)NN. The van der Waals surface area contributed by atoms with E-state index in [-0.39, 0.29) is 18.1 Å². The lowest BCUT2D eigenvalue weighted by Gasteiger charge is -2.18. The molecule has 1 saturated heterocycles. The van der Waals surface area contributed by atoms with Crippen LogP contribution in [-0.4, -0.2) is 31.2 Å². The Morgan fingerprint density at radius 1 is 1.67 bits per heavy atom. The average molecular weight is 215 g/mol. The summed E-state index contributed by atoms with van der Waals surface area (Å²) in [5, 5.41) is 3.20. The van der Waals surface area contributed by atoms with E-state index in [9.17, 15) is 4.79 Å². The number of nitrogens with one attached hydrogen (secondary N) is 2. The smallest absolute Gasteiger partial charge is 0.251 e. The second kappa shape index (κ2) is 6.76. The number of hydrazine groups is 1. The summed E-state index contributed by atoms with van der Waals surface area (Å²) in [5.74, 6) is 4.97. The van der Waals surface area contributed by atoms with Gasteiger partial charge in [0.1, 0.15) is 0 Å². The number of rotatable bonds is 6. The molecule has 0 aliphatic carbocycles. The first-order valence-corrected chi connectivity index (χ1v) is 5.63. The van der Waals surface area contributed by atoms with Crippen molar-refractivity contribution in [3.8, 4) is 0 Å². The van der Waals surface area contributed by atoms with Crippen molar-refractivity contribution in [1.29, 1.82) is 0 Å². The Balaban J connectivity index is 2.26. The average Bonchev–Trinajstić information content (AvgIpc) is 2.76. The van der Waals surface area contributed by atoms with Crippen LogP contribution in [0.3, 0.4) is 0 Å². The highest BCUT2D eigenvalue weighted by molar-refractivity contribution is 5.81. The topological polar surface area (TPSA) is 76.4 Å². The predicted octanol–water partition coefficient (Wildman–Crippen LogP) is -0.0864. The number of hydrogen-bond donors (Lipinski definition) is 3. The second-order valence-corrected chi connectivity index (χ2v) is 3.89. The minimum atomic E-state index is -0.191. The first-order chi connectivity index (χ1) is 7.27. The van der Waals surface area contributed by atoms with Crippen molar-refractivity contribution in [2.45, 2.75) is 44.8 Å². The number of nitrogens with two attached hydrogens (primary N) is 1. The minimum Gasteiger partial charge on any atom is -0.377 e. The lowest BCUT2D eigenvalue weighted by atomic mass is 10.1. The molecule has 1 rings (SSSR count). The summed E-state index contributed by atoms with van der Waals surface area (Å²) in [6.45, 7) is 3.62. The van der Waals surface area contributed by atoms with Crippen molar-refractivity contribution in [2.24, 2.45) is 5.84 Å². The zero-order valence-electron chi connectivity index (χ0n) is 9.29. The van der Waals surface area contributed by atoms with Gasteiger partial charge in [0.05, 0.1) is 12.1 Å². The van der Waals surface area contributed by atoms with Gasteiger partial charge in [-0.2, -0.15) is 0 Å². The van der Waals surface area contributed by atoms with E-state index in [1.165, 1.54) is 0 Å². The molecule has 5 nitrogen and oxygen atoms in total. The van der Waals surface area contributed by atoms with Gasteiger partial charge in [0.15, 0.2) is 0 Å². The van der Waals surface area contributed by atoms with E-state index in [1.54, 1.807) is 0 Å². The number of hydrogen-bond acceptors (Lipinski definition) is 4. The molecular formula is C10H21N3O2. The molecule has 2 atom stereocenters. The fourth-order valence-corrected chi connectivity index (χ4v) is 1.79. The van der Waals surface area contributed by atoms with Crippen LogP contribution in [0.5, 0.6) is 0 Å². The van der Waals surface area contributed by atoms with Crippen molar-refractivity contribution in [1.82, 2.24) is 10.7 Å². The standard InChI is InChI=1S/C10H21N3O2/c1-2-4-9(10(14)13-11)12-7-8-5-3-6-15-8/h8-9,12H,2-7,11H2,1H3,(H,13,14)/t8-,9-/m0/s1. The summed E-state index contributed by atoms with van der Waals surface area (Å²) in [6, 6.07) is -0.191. The molecule has 0 radical (unpaired) electrons. The molecule has 4 N–H and O–H groups in total. The molecule has 0 aromatic carbocycles. The quantitative estimate of drug-likeness (QED) is 0.329. The Hall–Kier alpha value is -0.650. The van der Waals surface area contributed by atoms with Crippen LogP contribution >= 0.6 is 0 Å². The maximum absolute atomic E-state index is 11.4. The Kier molecular flexibility index (Phi) is 5.60. The van der Waals surface area contributed by atoms with Gasteiger partial charge in [-0.3, -0.25) is 10.2 Å². The number of carbonyl (C=O) groups is 1. The lowest BCUT2D eigenvalue weighted by molar-refractivity contribution is -0.123. The van der Waals surface area contributed by atoms with Gasteiger partial charge in [-0.25, -0.2) is 5.84 Å². The molecule has 0 unspecified atom stereocenters. The highest BCUT2D eigenvalue weighted by Crippen LogP contribution is 2.11. The van der Waals surface area contributed by atoms with Gasteiger partial charge in [0.2, 0.25) is 0 Å². The molecule has 0 aromatic rings. The van der Waals surface area contributed by atoms with Crippen molar-refractivity contribution >= 4 is 5.91 Å². The van der Waals surface area contributed by atoms with E-state index < -0.39 is 0 Å². The van der Waals surface area contributed by atoms with Crippen molar-refractivity contribution in [2.75, 3.05) is 13.2 Å². The maximum atomic E-state index is 11.4. The van der Waals surface area contributed by atoms with E-state index in [1.807, 2.05) is 6.92 Å². The zero-order valence-corrected chi connectivity index (χ0v) is 9.29. The third-order valence-corrected chi connectivity index (χ3v) is 2.65. The van der Waals surface area contributed by atoms with Gasteiger partial charge < -0.3 is 10.1 Å². The lowest BCUT2D eigenvalue weighted by Crippen LogP contribution is -2.48. The van der Waals surface area contributed by atoms with Gasteiger partial charge in [0, 0.05) is 13.2 Å². The third-order valence-electron chi connectivity index (χ3n) is 2.65. The van der Waals surface area contributed by atoms with Crippen LogP contribution in [0.1, 0.15) is 32.6 Å². The molecule has 0 spiro atoms. The third kappa shape index (κ3) is 4.15. The van der Waals surface area contributed by atoms with E-state index >= 15 is 0 Å². The first kappa shape index (κ1) is 12.4. The summed E-state index contributed by atoms with van der Waals surface area (Å²) in [4.78, 5) is 11.4. The molecule has 0 saturated carbocycles. The van der Waals surface area contributed by atoms with Crippen LogP contribution < -0.4 is 16.6 Å². The molecule has 88 valence electrons. The molecule has 1 heterocycles. The molecule has 0 bridgehead atoms. The van der Waals surface area contributed by atoms with Gasteiger partial charge in [-0.05, 0) is 19.3 Å². The van der Waals surface area contributed by atoms with E-state index in [4.69, 9.17) is 10.6 Å². The monoisotopic (exact) mass is 215 g/mol. The zero-order chi connectivity index (χ0) is 11.1. The molecule has 1 fully saturated rings. The van der Waals surface area contributed by atoms with Crippen molar-refractivity contribution in [3.63, 3.8) is 0 Å².